The van der Waals surface area contributed by atoms with Crippen LogP contribution in [0.25, 0.3) is 0 Å². The van der Waals surface area contributed by atoms with Crippen LogP contribution in [0, 0.1) is 0 Å². The Morgan fingerprint density at radius 2 is 2.33 bits per heavy atom. The molecule has 1 unspecified atom stereocenters. The van der Waals surface area contributed by atoms with E-state index in [4.69, 9.17) is 5.73 Å². The number of aromatic nitrogens is 1. The summed E-state index contributed by atoms with van der Waals surface area (Å²) in [7, 11) is 1.93. The van der Waals surface area contributed by atoms with E-state index >= 15 is 0 Å². The highest BCUT2D eigenvalue weighted by atomic mass is 32.1. The summed E-state index contributed by atoms with van der Waals surface area (Å²) >= 11 is 1.35. The molecule has 1 aromatic heterocycles. The topological polar surface area (TPSA) is 82.7 Å². The van der Waals surface area contributed by atoms with E-state index in [1.807, 2.05) is 23.8 Å². The van der Waals surface area contributed by atoms with Crippen molar-refractivity contribution >= 4 is 28.2 Å². The second-order valence-corrected chi connectivity index (χ2v) is 6.36. The average molecular weight is 312 g/mol. The molecule has 1 fully saturated rings. The summed E-state index contributed by atoms with van der Waals surface area (Å²) in [6, 6.07) is 0.116. The lowest BCUT2D eigenvalue weighted by Gasteiger charge is -2.35. The fraction of sp³-hybridized carbons (Fsp3) is 0.714. The molecule has 1 atom stereocenters. The summed E-state index contributed by atoms with van der Waals surface area (Å²) in [5, 5.41) is 9.95. The number of thiazole rings is 1. The lowest BCUT2D eigenvalue weighted by atomic mass is 9.99. The van der Waals surface area contributed by atoms with Gasteiger partial charge in [0.05, 0.1) is 0 Å². The largest absolute Gasteiger partial charge is 0.396 e. The number of nitrogens with two attached hydrogens (primary N) is 1. The number of carbonyl (C=O) groups is 1. The standard InChI is InChI=1S/C14H24N4O2S/c1-3-17(2)14-16-12(15)11(21-14)13(20)18-8-5-4-6-10(18)7-9-19/h10,19H,3-9,15H2,1-2H3. The summed E-state index contributed by atoms with van der Waals surface area (Å²) in [6.45, 7) is 3.69. The number of likely N-dealkylation sites (tertiary alicyclic amines) is 1. The summed E-state index contributed by atoms with van der Waals surface area (Å²) in [5.74, 6) is 0.271. The maximum atomic E-state index is 12.7. The molecular weight excluding hydrogens is 288 g/mol. The maximum absolute atomic E-state index is 12.7. The molecule has 21 heavy (non-hydrogen) atoms. The number of amides is 1. The van der Waals surface area contributed by atoms with Crippen molar-refractivity contribution in [2.24, 2.45) is 0 Å². The number of rotatable bonds is 5. The number of anilines is 2. The van der Waals surface area contributed by atoms with E-state index in [1.165, 1.54) is 11.3 Å². The molecule has 2 heterocycles. The van der Waals surface area contributed by atoms with E-state index in [-0.39, 0.29) is 18.6 Å². The van der Waals surface area contributed by atoms with E-state index in [0.717, 1.165) is 37.5 Å². The summed E-state index contributed by atoms with van der Waals surface area (Å²) < 4.78 is 0. The fourth-order valence-electron chi connectivity index (χ4n) is 2.62. The molecule has 0 aromatic carbocycles. The first kappa shape index (κ1) is 16.0. The first-order valence-electron chi connectivity index (χ1n) is 7.47. The van der Waals surface area contributed by atoms with Crippen molar-refractivity contribution in [3.8, 4) is 0 Å². The lowest BCUT2D eigenvalue weighted by molar-refractivity contribution is 0.0580. The van der Waals surface area contributed by atoms with Gasteiger partial charge in [0.2, 0.25) is 0 Å². The van der Waals surface area contributed by atoms with Crippen LogP contribution in [-0.4, -0.2) is 53.7 Å². The van der Waals surface area contributed by atoms with Crippen molar-refractivity contribution in [2.45, 2.75) is 38.6 Å². The molecule has 1 aromatic rings. The van der Waals surface area contributed by atoms with Gasteiger partial charge in [0.25, 0.3) is 5.91 Å². The molecule has 2 rings (SSSR count). The van der Waals surface area contributed by atoms with Crippen LogP contribution in [-0.2, 0) is 0 Å². The minimum absolute atomic E-state index is 0.0427. The van der Waals surface area contributed by atoms with E-state index < -0.39 is 0 Å². The van der Waals surface area contributed by atoms with Gasteiger partial charge in [0.15, 0.2) is 5.13 Å². The lowest BCUT2D eigenvalue weighted by Crippen LogP contribution is -2.44. The molecule has 1 aliphatic heterocycles. The molecule has 0 radical (unpaired) electrons. The number of nitrogen functional groups attached to an aromatic ring is 1. The summed E-state index contributed by atoms with van der Waals surface area (Å²) in [6.07, 6.45) is 3.70. The minimum atomic E-state index is -0.0427. The van der Waals surface area contributed by atoms with Crippen LogP contribution in [0.5, 0.6) is 0 Å². The normalized spacial score (nSPS) is 18.8. The molecule has 1 aliphatic rings. The number of hydrogen-bond acceptors (Lipinski definition) is 6. The number of carbonyl (C=O) groups excluding carboxylic acids is 1. The van der Waals surface area contributed by atoms with Crippen molar-refractivity contribution in [1.82, 2.24) is 9.88 Å². The van der Waals surface area contributed by atoms with Gasteiger partial charge in [0.1, 0.15) is 10.7 Å². The van der Waals surface area contributed by atoms with Crippen LogP contribution in [0.1, 0.15) is 42.3 Å². The van der Waals surface area contributed by atoms with Crippen molar-refractivity contribution in [3.63, 3.8) is 0 Å². The van der Waals surface area contributed by atoms with Gasteiger partial charge in [0, 0.05) is 32.8 Å². The number of hydrogen-bond donors (Lipinski definition) is 2. The second kappa shape index (κ2) is 7.09. The van der Waals surface area contributed by atoms with Crippen LogP contribution >= 0.6 is 11.3 Å². The number of aliphatic hydroxyl groups excluding tert-OH is 1. The molecule has 118 valence electrons. The van der Waals surface area contributed by atoms with Crippen molar-refractivity contribution in [3.05, 3.63) is 4.88 Å². The molecule has 0 bridgehead atoms. The van der Waals surface area contributed by atoms with Gasteiger partial charge >= 0.3 is 0 Å². The Morgan fingerprint density at radius 1 is 1.57 bits per heavy atom. The quantitative estimate of drug-likeness (QED) is 0.862. The third-order valence-electron chi connectivity index (χ3n) is 3.99. The smallest absolute Gasteiger partial charge is 0.268 e. The first-order valence-corrected chi connectivity index (χ1v) is 8.29. The van der Waals surface area contributed by atoms with E-state index in [9.17, 15) is 9.90 Å². The molecular formula is C14H24N4O2S. The Kier molecular flexibility index (Phi) is 5.41. The molecule has 3 N–H and O–H groups in total. The monoisotopic (exact) mass is 312 g/mol. The summed E-state index contributed by atoms with van der Waals surface area (Å²) in [4.78, 5) is 21.4. The Balaban J connectivity index is 2.20. The number of piperidine rings is 1. The molecule has 0 saturated carbocycles. The summed E-state index contributed by atoms with van der Waals surface area (Å²) in [5.41, 5.74) is 5.94. The van der Waals surface area contributed by atoms with Gasteiger partial charge in [-0.25, -0.2) is 4.98 Å². The number of aliphatic hydroxyl groups is 1. The minimum Gasteiger partial charge on any atom is -0.396 e. The van der Waals surface area contributed by atoms with E-state index in [0.29, 0.717) is 17.1 Å². The maximum Gasteiger partial charge on any atom is 0.268 e. The van der Waals surface area contributed by atoms with Gasteiger partial charge in [-0.1, -0.05) is 11.3 Å². The van der Waals surface area contributed by atoms with E-state index in [2.05, 4.69) is 4.98 Å². The molecule has 7 heteroatoms. The van der Waals surface area contributed by atoms with Crippen molar-refractivity contribution in [1.29, 1.82) is 0 Å². The van der Waals surface area contributed by atoms with E-state index in [1.54, 1.807) is 0 Å². The zero-order chi connectivity index (χ0) is 15.4. The van der Waals surface area contributed by atoms with Crippen LogP contribution in [0.15, 0.2) is 0 Å². The van der Waals surface area contributed by atoms with Gasteiger partial charge in [-0.15, -0.1) is 0 Å². The zero-order valence-electron chi connectivity index (χ0n) is 12.7. The zero-order valence-corrected chi connectivity index (χ0v) is 13.5. The highest BCUT2D eigenvalue weighted by Crippen LogP contribution is 2.31. The Morgan fingerprint density at radius 3 is 3.00 bits per heavy atom. The number of nitrogens with zero attached hydrogens (tertiary/aromatic N) is 3. The van der Waals surface area contributed by atoms with Crippen LogP contribution in [0.4, 0.5) is 10.9 Å². The van der Waals surface area contributed by atoms with Crippen molar-refractivity contribution in [2.75, 3.05) is 37.4 Å². The second-order valence-electron chi connectivity index (χ2n) is 5.39. The van der Waals surface area contributed by atoms with Crippen LogP contribution < -0.4 is 10.6 Å². The first-order chi connectivity index (χ1) is 10.1. The third kappa shape index (κ3) is 3.47. The van der Waals surface area contributed by atoms with Gasteiger partial charge in [-0.2, -0.15) is 0 Å². The molecule has 1 saturated heterocycles. The SMILES string of the molecule is CCN(C)c1nc(N)c(C(=O)N2CCCCC2CCO)s1. The Labute approximate surface area is 129 Å². The Hall–Kier alpha value is -1.34. The van der Waals surface area contributed by atoms with Gasteiger partial charge < -0.3 is 20.6 Å². The highest BCUT2D eigenvalue weighted by Gasteiger charge is 2.30. The van der Waals surface area contributed by atoms with Gasteiger partial charge in [-0.3, -0.25) is 4.79 Å². The predicted molar refractivity (Wildman–Crippen MR) is 85.8 cm³/mol. The average Bonchev–Trinajstić information content (AvgIpc) is 2.88. The fourth-order valence-corrected chi connectivity index (χ4v) is 3.59. The molecule has 0 aliphatic carbocycles. The third-order valence-corrected chi connectivity index (χ3v) is 5.16. The molecule has 6 nitrogen and oxygen atoms in total. The van der Waals surface area contributed by atoms with Crippen LogP contribution in [0.3, 0.4) is 0 Å². The van der Waals surface area contributed by atoms with Gasteiger partial charge in [-0.05, 0) is 32.6 Å². The Bertz CT molecular complexity index is 489. The predicted octanol–water partition coefficient (Wildman–Crippen LogP) is 1.56. The molecule has 1 amide bonds. The van der Waals surface area contributed by atoms with Crippen molar-refractivity contribution < 1.29 is 9.90 Å². The van der Waals surface area contributed by atoms with Crippen LogP contribution in [0.2, 0.25) is 0 Å². The molecule has 0 spiro atoms. The highest BCUT2D eigenvalue weighted by molar-refractivity contribution is 7.18.